The van der Waals surface area contributed by atoms with E-state index >= 15 is 0 Å². The molecule has 9 rings (SSSR count). The largest absolute Gasteiger partial charge is 0.353 e. The van der Waals surface area contributed by atoms with Crippen LogP contribution in [-0.4, -0.2) is 15.0 Å². The van der Waals surface area contributed by atoms with Gasteiger partial charge in [-0.2, -0.15) is 0 Å². The van der Waals surface area contributed by atoms with E-state index < -0.39 is 0 Å². The van der Waals surface area contributed by atoms with Crippen molar-refractivity contribution < 1.29 is 0 Å². The molecule has 1 aliphatic heterocycles. The second kappa shape index (κ2) is 10.8. The van der Waals surface area contributed by atoms with Crippen molar-refractivity contribution in [2.75, 3.05) is 4.90 Å². The highest BCUT2D eigenvalue weighted by atomic mass is 15.2. The molecule has 4 nitrogen and oxygen atoms in total. The number of rotatable bonds is 2. The highest BCUT2D eigenvalue weighted by Gasteiger charge is 2.24. The van der Waals surface area contributed by atoms with Crippen molar-refractivity contribution in [3.63, 3.8) is 0 Å². The van der Waals surface area contributed by atoms with Crippen LogP contribution in [0.15, 0.2) is 146 Å². The standard InChI is InChI=1S/C44H34N4/c1-44(2,3)31-26-40-39-25-30(28-13-6-4-7-14-28)24-38(45-39)37-22-12-21-36-35-20-11-19-34(42(35)47-43(36)37)29-15-10-18-33(23-29)48(41(27-31)46-40)32-16-8-5-9-17-32/h4-27,47H,1-3H3. The number of aromatic nitrogens is 3. The fourth-order valence-electron chi connectivity index (χ4n) is 7.00. The summed E-state index contributed by atoms with van der Waals surface area (Å²) >= 11 is 0. The van der Waals surface area contributed by atoms with Crippen LogP contribution in [0.3, 0.4) is 0 Å². The van der Waals surface area contributed by atoms with E-state index in [1.54, 1.807) is 0 Å². The Morgan fingerprint density at radius 2 is 1.08 bits per heavy atom. The first-order chi connectivity index (χ1) is 23.4. The van der Waals surface area contributed by atoms with Gasteiger partial charge in [-0.05, 0) is 76.2 Å². The quantitative estimate of drug-likeness (QED) is 0.210. The van der Waals surface area contributed by atoms with Gasteiger partial charge in [-0.15, -0.1) is 0 Å². The smallest absolute Gasteiger partial charge is 0.138 e. The summed E-state index contributed by atoms with van der Waals surface area (Å²) in [7, 11) is 0. The predicted octanol–water partition coefficient (Wildman–Crippen LogP) is 11.9. The molecule has 0 radical (unpaired) electrons. The van der Waals surface area contributed by atoms with Crippen molar-refractivity contribution in [2.24, 2.45) is 0 Å². The van der Waals surface area contributed by atoms with Crippen molar-refractivity contribution in [1.29, 1.82) is 0 Å². The van der Waals surface area contributed by atoms with E-state index in [2.05, 4.69) is 176 Å². The average Bonchev–Trinajstić information content (AvgIpc) is 3.51. The molecule has 1 N–H and O–H groups in total. The van der Waals surface area contributed by atoms with Gasteiger partial charge >= 0.3 is 0 Å². The fourth-order valence-corrected chi connectivity index (χ4v) is 7.00. The van der Waals surface area contributed by atoms with E-state index in [1.165, 1.54) is 16.3 Å². The van der Waals surface area contributed by atoms with E-state index in [4.69, 9.17) is 9.97 Å². The molecule has 3 aromatic heterocycles. The van der Waals surface area contributed by atoms with Crippen LogP contribution >= 0.6 is 0 Å². The van der Waals surface area contributed by atoms with Gasteiger partial charge in [0.05, 0.1) is 28.1 Å². The molecule has 0 unspecified atom stereocenters. The Balaban J connectivity index is 1.45. The van der Waals surface area contributed by atoms with E-state index in [-0.39, 0.29) is 5.41 Å². The van der Waals surface area contributed by atoms with Crippen molar-refractivity contribution >= 4 is 39.0 Å². The summed E-state index contributed by atoms with van der Waals surface area (Å²) in [6.45, 7) is 6.78. The molecule has 0 amide bonds. The molecule has 0 saturated heterocycles. The molecular weight excluding hydrogens is 585 g/mol. The number of fused-ring (bicyclic) bond motifs is 10. The number of para-hydroxylation sites is 3. The van der Waals surface area contributed by atoms with Crippen molar-refractivity contribution in [2.45, 2.75) is 26.2 Å². The lowest BCUT2D eigenvalue weighted by molar-refractivity contribution is 0.589. The molecule has 0 aliphatic carbocycles. The lowest BCUT2D eigenvalue weighted by Crippen LogP contribution is -2.16. The zero-order valence-electron chi connectivity index (χ0n) is 27.2. The summed E-state index contributed by atoms with van der Waals surface area (Å²) in [5.74, 6) is 0.853. The number of H-pyrrole nitrogens is 1. The third-order valence-corrected chi connectivity index (χ3v) is 9.48. The maximum Gasteiger partial charge on any atom is 0.138 e. The summed E-state index contributed by atoms with van der Waals surface area (Å²) in [5.41, 5.74) is 13.5. The summed E-state index contributed by atoms with van der Waals surface area (Å²) in [5, 5.41) is 2.38. The Kier molecular flexibility index (Phi) is 6.34. The minimum absolute atomic E-state index is 0.124. The monoisotopic (exact) mass is 618 g/mol. The number of hydrogen-bond donors (Lipinski definition) is 1. The van der Waals surface area contributed by atoms with Crippen molar-refractivity contribution in [3.05, 3.63) is 151 Å². The Morgan fingerprint density at radius 1 is 0.479 bits per heavy atom. The van der Waals surface area contributed by atoms with Gasteiger partial charge in [0.1, 0.15) is 5.82 Å². The molecule has 230 valence electrons. The molecule has 0 fully saturated rings. The van der Waals surface area contributed by atoms with Crippen LogP contribution in [0.4, 0.5) is 17.2 Å². The van der Waals surface area contributed by atoms with Gasteiger partial charge in [0.25, 0.3) is 0 Å². The van der Waals surface area contributed by atoms with Gasteiger partial charge in [0.15, 0.2) is 0 Å². The highest BCUT2D eigenvalue weighted by molar-refractivity contribution is 6.15. The topological polar surface area (TPSA) is 44.8 Å². The van der Waals surface area contributed by atoms with Gasteiger partial charge in [-0.25, -0.2) is 9.97 Å². The summed E-state index contributed by atoms with van der Waals surface area (Å²) in [6, 6.07) is 51.9. The molecule has 8 bridgehead atoms. The second-order valence-electron chi connectivity index (χ2n) is 13.6. The molecule has 5 aromatic carbocycles. The van der Waals surface area contributed by atoms with Crippen LogP contribution in [-0.2, 0) is 5.41 Å². The SMILES string of the molecule is CC(C)(C)c1cc2nc(c1)N(c1ccccc1)c1cccc(c1)-c1cccc3c1[nH]c1c(cccc13)-c1cc(-c3ccccc3)cc-2n1. The van der Waals surface area contributed by atoms with Crippen LogP contribution in [0.25, 0.3) is 66.7 Å². The normalized spacial score (nSPS) is 12.4. The summed E-state index contributed by atoms with van der Waals surface area (Å²) in [4.78, 5) is 17.0. The van der Waals surface area contributed by atoms with E-state index in [9.17, 15) is 0 Å². The van der Waals surface area contributed by atoms with E-state index in [0.29, 0.717) is 0 Å². The summed E-state index contributed by atoms with van der Waals surface area (Å²) in [6.07, 6.45) is 0. The Hall–Kier alpha value is -6.00. The molecular formula is C44H34N4. The fraction of sp³-hybridized carbons (Fsp3) is 0.0909. The van der Waals surface area contributed by atoms with Crippen LogP contribution < -0.4 is 4.90 Å². The van der Waals surface area contributed by atoms with Crippen LogP contribution in [0.2, 0.25) is 0 Å². The number of pyridine rings is 2. The number of hydrogen-bond acceptors (Lipinski definition) is 3. The number of nitrogens with zero attached hydrogens (tertiary/aromatic N) is 3. The van der Waals surface area contributed by atoms with E-state index in [1.807, 2.05) is 0 Å². The van der Waals surface area contributed by atoms with Gasteiger partial charge in [0.2, 0.25) is 0 Å². The van der Waals surface area contributed by atoms with Crippen molar-refractivity contribution in [1.82, 2.24) is 15.0 Å². The third kappa shape index (κ3) is 4.68. The summed E-state index contributed by atoms with van der Waals surface area (Å²) < 4.78 is 0. The molecule has 0 saturated carbocycles. The first-order valence-corrected chi connectivity index (χ1v) is 16.5. The minimum Gasteiger partial charge on any atom is -0.353 e. The molecule has 8 aromatic rings. The zero-order chi connectivity index (χ0) is 32.4. The maximum atomic E-state index is 5.43. The van der Waals surface area contributed by atoms with Crippen LogP contribution in [0.1, 0.15) is 26.3 Å². The van der Waals surface area contributed by atoms with Crippen molar-refractivity contribution in [3.8, 4) is 44.9 Å². The van der Waals surface area contributed by atoms with Gasteiger partial charge in [-0.3, -0.25) is 4.90 Å². The molecule has 4 heterocycles. The number of nitrogens with one attached hydrogen (secondary N) is 1. The molecule has 1 aliphatic rings. The molecule has 4 heteroatoms. The molecule has 0 atom stereocenters. The Bertz CT molecular complexity index is 2490. The maximum absolute atomic E-state index is 5.43. The van der Waals surface area contributed by atoms with E-state index in [0.717, 1.165) is 73.1 Å². The predicted molar refractivity (Wildman–Crippen MR) is 200 cm³/mol. The first kappa shape index (κ1) is 28.2. The minimum atomic E-state index is -0.124. The Labute approximate surface area is 280 Å². The van der Waals surface area contributed by atoms with Gasteiger partial charge in [-0.1, -0.05) is 118 Å². The third-order valence-electron chi connectivity index (χ3n) is 9.48. The Morgan fingerprint density at radius 3 is 1.83 bits per heavy atom. The van der Waals surface area contributed by atoms with Crippen LogP contribution in [0.5, 0.6) is 0 Å². The van der Waals surface area contributed by atoms with Gasteiger partial charge < -0.3 is 4.98 Å². The van der Waals surface area contributed by atoms with Gasteiger partial charge in [0, 0.05) is 33.3 Å². The average molecular weight is 619 g/mol. The number of benzene rings is 5. The second-order valence-corrected chi connectivity index (χ2v) is 13.6. The number of aromatic amines is 1. The molecule has 0 spiro atoms. The lowest BCUT2D eigenvalue weighted by atomic mass is 9.86. The lowest BCUT2D eigenvalue weighted by Gasteiger charge is -2.28. The molecule has 48 heavy (non-hydrogen) atoms. The first-order valence-electron chi connectivity index (χ1n) is 16.5. The highest BCUT2D eigenvalue weighted by Crippen LogP contribution is 2.42. The van der Waals surface area contributed by atoms with Crippen LogP contribution in [0, 0.1) is 0 Å². The zero-order valence-corrected chi connectivity index (χ0v) is 27.2. The number of anilines is 3.